The zero-order chi connectivity index (χ0) is 18.6. The van der Waals surface area contributed by atoms with Gasteiger partial charge < -0.3 is 9.64 Å². The van der Waals surface area contributed by atoms with Crippen molar-refractivity contribution in [2.24, 2.45) is 0 Å². The lowest BCUT2D eigenvalue weighted by atomic mass is 10.1. The van der Waals surface area contributed by atoms with E-state index in [1.807, 2.05) is 6.07 Å². The number of hydrogen-bond donors (Lipinski definition) is 0. The minimum absolute atomic E-state index is 0.152. The number of rotatable bonds is 1. The van der Waals surface area contributed by atoms with Gasteiger partial charge in [-0.15, -0.1) is 0 Å². The van der Waals surface area contributed by atoms with E-state index in [1.54, 1.807) is 44.9 Å². The van der Waals surface area contributed by atoms with E-state index in [0.29, 0.717) is 24.5 Å². The number of hydrogen-bond acceptors (Lipinski definition) is 5. The summed E-state index contributed by atoms with van der Waals surface area (Å²) in [5, 5.41) is 2.87. The van der Waals surface area contributed by atoms with Crippen LogP contribution in [0.25, 0.3) is 0 Å². The molecule has 0 spiro atoms. The molecule has 1 atom stereocenters. The monoisotopic (exact) mass is 473 g/mol. The van der Waals surface area contributed by atoms with Gasteiger partial charge in [-0.25, -0.2) is 9.78 Å². The van der Waals surface area contributed by atoms with Crippen LogP contribution in [-0.2, 0) is 9.53 Å². The molecule has 1 fully saturated rings. The number of halogens is 1. The lowest BCUT2D eigenvalue weighted by molar-refractivity contribution is -0.125. The van der Waals surface area contributed by atoms with Crippen LogP contribution in [0.3, 0.4) is 0 Å². The van der Waals surface area contributed by atoms with Crippen molar-refractivity contribution in [2.45, 2.75) is 39.3 Å². The molecule has 0 N–H and O–H groups in total. The van der Waals surface area contributed by atoms with Gasteiger partial charge >= 0.3 is 6.09 Å². The van der Waals surface area contributed by atoms with Gasteiger partial charge in [0, 0.05) is 34.3 Å². The van der Waals surface area contributed by atoms with E-state index in [4.69, 9.17) is 4.74 Å². The van der Waals surface area contributed by atoms with E-state index < -0.39 is 17.7 Å². The maximum atomic E-state index is 12.7. The number of anilines is 1. The topological polar surface area (TPSA) is 62.7 Å². The van der Waals surface area contributed by atoms with Crippen molar-refractivity contribution in [3.63, 3.8) is 0 Å². The Morgan fingerprint density at radius 1 is 1.40 bits per heavy atom. The molecular formula is C17H20IN3O3S. The maximum absolute atomic E-state index is 12.7. The van der Waals surface area contributed by atoms with E-state index in [9.17, 15) is 9.59 Å². The summed E-state index contributed by atoms with van der Waals surface area (Å²) in [6, 6.07) is 3.02. The number of aromatic nitrogens is 1. The van der Waals surface area contributed by atoms with E-state index in [1.165, 1.54) is 13.8 Å². The molecule has 1 aliphatic heterocycles. The van der Waals surface area contributed by atoms with Crippen LogP contribution < -0.4 is 4.90 Å². The molecule has 0 radical (unpaired) electrons. The summed E-state index contributed by atoms with van der Waals surface area (Å²) >= 11 is 2.10. The molecule has 0 saturated carbocycles. The summed E-state index contributed by atoms with van der Waals surface area (Å²) in [4.78, 5) is 32.3. The quantitative estimate of drug-likeness (QED) is 0.462. The smallest absolute Gasteiger partial charge is 0.411 e. The number of nitrogens with zero attached hydrogens (tertiary/aromatic N) is 3. The van der Waals surface area contributed by atoms with Crippen LogP contribution in [-0.4, -0.2) is 46.6 Å². The molecule has 1 aromatic rings. The fourth-order valence-corrected chi connectivity index (χ4v) is 2.86. The Kier molecular flexibility index (Phi) is 6.57. The summed E-state index contributed by atoms with van der Waals surface area (Å²) in [5.74, 6) is 2.76. The molecule has 2 heterocycles. The van der Waals surface area contributed by atoms with Gasteiger partial charge in [0.2, 0.25) is 5.91 Å². The first-order valence-corrected chi connectivity index (χ1v) is 11.1. The number of piperazine rings is 1. The first-order chi connectivity index (χ1) is 11.7. The van der Waals surface area contributed by atoms with Crippen molar-refractivity contribution in [3.05, 3.63) is 24.0 Å². The van der Waals surface area contributed by atoms with Crippen LogP contribution in [0.1, 0.15) is 33.4 Å². The average molecular weight is 473 g/mol. The van der Waals surface area contributed by atoms with E-state index >= 15 is 0 Å². The van der Waals surface area contributed by atoms with Gasteiger partial charge in [-0.2, -0.15) is 0 Å². The number of carbonyl (C=O) groups excluding carboxylic acids is 2. The van der Waals surface area contributed by atoms with E-state index in [0.717, 1.165) is 0 Å². The van der Waals surface area contributed by atoms with E-state index in [2.05, 4.69) is 37.4 Å². The molecular weight excluding hydrogens is 453 g/mol. The Hall–Kier alpha value is -1.47. The molecule has 0 unspecified atom stereocenters. The zero-order valence-corrected chi connectivity index (χ0v) is 17.6. The molecule has 2 amide bonds. The zero-order valence-electron chi connectivity index (χ0n) is 14.6. The number of ether oxygens (including phenoxy) is 1. The lowest BCUT2D eigenvalue weighted by Crippen LogP contribution is -2.58. The highest BCUT2D eigenvalue weighted by Gasteiger charge is 2.37. The van der Waals surface area contributed by atoms with Crippen LogP contribution in [0.4, 0.5) is 10.5 Å². The maximum Gasteiger partial charge on any atom is 0.411 e. The van der Waals surface area contributed by atoms with Crippen molar-refractivity contribution >= 4 is 47.8 Å². The van der Waals surface area contributed by atoms with Crippen molar-refractivity contribution in [1.82, 2.24) is 9.88 Å². The number of carbonyl (C=O) groups is 2. The number of pyridine rings is 1. The summed E-state index contributed by atoms with van der Waals surface area (Å²) in [7, 11) is 1.39. The molecule has 1 saturated heterocycles. The van der Waals surface area contributed by atoms with Crippen LogP contribution in [0, 0.1) is 11.2 Å². The van der Waals surface area contributed by atoms with Gasteiger partial charge in [-0.3, -0.25) is 9.69 Å². The van der Waals surface area contributed by atoms with Crippen molar-refractivity contribution in [2.75, 3.05) is 18.0 Å². The molecule has 0 aromatic carbocycles. The van der Waals surface area contributed by atoms with Crippen molar-refractivity contribution < 1.29 is 14.3 Å². The molecule has 1 aliphatic rings. The highest BCUT2D eigenvalue weighted by molar-refractivity contribution is 14.2. The Balaban J connectivity index is 2.09. The van der Waals surface area contributed by atoms with Gasteiger partial charge in [0.05, 0.1) is 11.9 Å². The number of amides is 2. The molecule has 6 nitrogen and oxygen atoms in total. The fraction of sp³-hybridized carbons (Fsp3) is 0.471. The van der Waals surface area contributed by atoms with Crippen molar-refractivity contribution in [1.29, 1.82) is 0 Å². The van der Waals surface area contributed by atoms with Gasteiger partial charge in [0.25, 0.3) is 0 Å². The Morgan fingerprint density at radius 2 is 2.12 bits per heavy atom. The minimum Gasteiger partial charge on any atom is -0.444 e. The molecule has 0 aliphatic carbocycles. The second-order valence-corrected chi connectivity index (χ2v) is 8.23. The first kappa shape index (κ1) is 19.8. The third-order valence-corrected chi connectivity index (χ3v) is 4.40. The van der Waals surface area contributed by atoms with E-state index in [-0.39, 0.29) is 5.91 Å². The van der Waals surface area contributed by atoms with Crippen LogP contribution in [0.2, 0.25) is 0 Å². The second kappa shape index (κ2) is 8.27. The predicted octanol–water partition coefficient (Wildman–Crippen LogP) is 3.45. The summed E-state index contributed by atoms with van der Waals surface area (Å²) in [6.45, 7) is 7.94. The SMILES string of the molecule is C[C@H]1C(=O)N(c2ccc(C#CSI)nc2)CCN1C(=O)OC(C)(C)C. The minimum atomic E-state index is -0.589. The fourth-order valence-electron chi connectivity index (χ4n) is 2.39. The van der Waals surface area contributed by atoms with Crippen LogP contribution >= 0.6 is 30.1 Å². The molecule has 8 heteroatoms. The Bertz CT molecular complexity index is 707. The van der Waals surface area contributed by atoms with Crippen molar-refractivity contribution in [3.8, 4) is 11.2 Å². The van der Waals surface area contributed by atoms with Gasteiger partial charge in [-0.05, 0) is 59.9 Å². The molecule has 134 valence electrons. The van der Waals surface area contributed by atoms with Gasteiger partial charge in [0.1, 0.15) is 17.3 Å². The largest absolute Gasteiger partial charge is 0.444 e. The van der Waals surface area contributed by atoms with Gasteiger partial charge in [-0.1, -0.05) is 0 Å². The lowest BCUT2D eigenvalue weighted by Gasteiger charge is -2.39. The summed E-state index contributed by atoms with van der Waals surface area (Å²) in [6.07, 6.45) is 1.17. The Labute approximate surface area is 164 Å². The second-order valence-electron chi connectivity index (χ2n) is 6.55. The standard InChI is InChI=1S/C17H20IN3O3S/c1-12-15(22)21(9-8-20(12)16(23)24-17(2,3)4)14-6-5-13(19-11-14)7-10-25-18/h5-6,11-12H,8-9H2,1-4H3/t12-/m0/s1. The summed E-state index contributed by atoms with van der Waals surface area (Å²) in [5.41, 5.74) is 0.766. The highest BCUT2D eigenvalue weighted by atomic mass is 127. The summed E-state index contributed by atoms with van der Waals surface area (Å²) < 4.78 is 5.38. The average Bonchev–Trinajstić information content (AvgIpc) is 2.54. The van der Waals surface area contributed by atoms with Crippen LogP contribution in [0.5, 0.6) is 0 Å². The molecule has 25 heavy (non-hydrogen) atoms. The Morgan fingerprint density at radius 3 is 2.68 bits per heavy atom. The highest BCUT2D eigenvalue weighted by Crippen LogP contribution is 2.21. The third-order valence-electron chi connectivity index (χ3n) is 3.56. The van der Waals surface area contributed by atoms with Gasteiger partial charge in [0.15, 0.2) is 0 Å². The van der Waals surface area contributed by atoms with Crippen LogP contribution in [0.15, 0.2) is 18.3 Å². The third kappa shape index (κ3) is 5.25. The normalized spacial score (nSPS) is 17.8. The first-order valence-electron chi connectivity index (χ1n) is 7.78. The predicted molar refractivity (Wildman–Crippen MR) is 107 cm³/mol. The molecule has 1 aromatic heterocycles. The molecule has 2 rings (SSSR count). The molecule has 0 bridgehead atoms.